The second kappa shape index (κ2) is 5.64. The van der Waals surface area contributed by atoms with Crippen LogP contribution in [0.3, 0.4) is 0 Å². The van der Waals surface area contributed by atoms with Crippen LogP contribution in [0.1, 0.15) is 29.3 Å². The molecule has 3 aromatic rings. The summed E-state index contributed by atoms with van der Waals surface area (Å²) < 4.78 is 0. The lowest BCUT2D eigenvalue weighted by atomic mass is 9.95. The first-order chi connectivity index (χ1) is 11.6. The van der Waals surface area contributed by atoms with Gasteiger partial charge in [-0.05, 0) is 37.5 Å². The fourth-order valence-corrected chi connectivity index (χ4v) is 3.51. The van der Waals surface area contributed by atoms with E-state index in [1.54, 1.807) is 0 Å². The molecule has 1 aliphatic rings. The second-order valence-electron chi connectivity index (χ2n) is 6.28. The number of carbonyl (C=O) groups excluding carboxylic acids is 1. The van der Waals surface area contributed by atoms with Crippen molar-refractivity contribution in [3.63, 3.8) is 0 Å². The number of fused-ring (bicyclic) bond motifs is 2. The average molecular weight is 318 g/mol. The highest BCUT2D eigenvalue weighted by Gasteiger charge is 2.29. The van der Waals surface area contributed by atoms with E-state index in [-0.39, 0.29) is 17.5 Å². The van der Waals surface area contributed by atoms with Gasteiger partial charge in [0.1, 0.15) is 0 Å². The average Bonchev–Trinajstić information content (AvgIpc) is 2.60. The van der Waals surface area contributed by atoms with Gasteiger partial charge >= 0.3 is 0 Å². The maximum Gasteiger partial charge on any atom is 0.259 e. The predicted molar refractivity (Wildman–Crippen MR) is 95.6 cm³/mol. The Morgan fingerprint density at radius 2 is 1.88 bits per heavy atom. The maximum atomic E-state index is 13.3. The Morgan fingerprint density at radius 3 is 2.75 bits per heavy atom. The highest BCUT2D eigenvalue weighted by molar-refractivity contribution is 6.14. The van der Waals surface area contributed by atoms with Crippen LogP contribution in [0.2, 0.25) is 0 Å². The quantitative estimate of drug-likeness (QED) is 0.746. The van der Waals surface area contributed by atoms with Crippen LogP contribution in [0, 0.1) is 0 Å². The number of para-hydroxylation sites is 2. The van der Waals surface area contributed by atoms with E-state index in [1.165, 1.54) is 11.6 Å². The standard InChI is InChI=1S/C20H18N2O2/c1-13-10-11-14-6-2-5-9-18(14)22(13)20(24)16-12-19(23)21-17-8-4-3-7-15(16)17/h2-9,12-13H,10-11H2,1H3,(H,21,23). The molecule has 1 aliphatic heterocycles. The molecule has 1 aromatic heterocycles. The molecular weight excluding hydrogens is 300 g/mol. The van der Waals surface area contributed by atoms with Crippen LogP contribution in [-0.2, 0) is 6.42 Å². The molecule has 4 nitrogen and oxygen atoms in total. The van der Waals surface area contributed by atoms with Crippen LogP contribution >= 0.6 is 0 Å². The number of aromatic nitrogens is 1. The number of hydrogen-bond donors (Lipinski definition) is 1. The Morgan fingerprint density at radius 1 is 1.12 bits per heavy atom. The van der Waals surface area contributed by atoms with Crippen molar-refractivity contribution in [1.82, 2.24) is 4.98 Å². The molecule has 2 aromatic carbocycles. The molecule has 1 N–H and O–H groups in total. The third kappa shape index (κ3) is 2.31. The Balaban J connectivity index is 1.90. The second-order valence-corrected chi connectivity index (χ2v) is 6.28. The molecule has 0 saturated carbocycles. The topological polar surface area (TPSA) is 53.2 Å². The van der Waals surface area contributed by atoms with Gasteiger partial charge in [0.05, 0.1) is 5.56 Å². The molecule has 1 unspecified atom stereocenters. The molecular formula is C20H18N2O2. The smallest absolute Gasteiger partial charge is 0.259 e. The van der Waals surface area contributed by atoms with Gasteiger partial charge in [-0.25, -0.2) is 0 Å². The lowest BCUT2D eigenvalue weighted by Crippen LogP contribution is -2.42. The van der Waals surface area contributed by atoms with Gasteiger partial charge in [0.15, 0.2) is 0 Å². The van der Waals surface area contributed by atoms with E-state index < -0.39 is 0 Å². The van der Waals surface area contributed by atoms with E-state index in [9.17, 15) is 9.59 Å². The van der Waals surface area contributed by atoms with Crippen LogP contribution < -0.4 is 10.5 Å². The summed E-state index contributed by atoms with van der Waals surface area (Å²) in [4.78, 5) is 29.9. The number of carbonyl (C=O) groups is 1. The Bertz CT molecular complexity index is 990. The van der Waals surface area contributed by atoms with E-state index in [0.717, 1.165) is 23.9 Å². The summed E-state index contributed by atoms with van der Waals surface area (Å²) in [5, 5.41) is 0.775. The number of hydrogen-bond acceptors (Lipinski definition) is 2. The number of aromatic amines is 1. The van der Waals surface area contributed by atoms with Gasteiger partial charge in [0.25, 0.3) is 5.91 Å². The van der Waals surface area contributed by atoms with Gasteiger partial charge in [0.2, 0.25) is 5.56 Å². The molecule has 0 radical (unpaired) electrons. The third-order valence-corrected chi connectivity index (χ3v) is 4.72. The van der Waals surface area contributed by atoms with Crippen LogP contribution in [0.5, 0.6) is 0 Å². The number of amides is 1. The van der Waals surface area contributed by atoms with E-state index in [4.69, 9.17) is 0 Å². The third-order valence-electron chi connectivity index (χ3n) is 4.72. The first-order valence-electron chi connectivity index (χ1n) is 8.18. The minimum absolute atomic E-state index is 0.102. The number of anilines is 1. The minimum atomic E-state index is -0.255. The van der Waals surface area contributed by atoms with Crippen molar-refractivity contribution in [2.75, 3.05) is 4.90 Å². The van der Waals surface area contributed by atoms with Gasteiger partial charge < -0.3 is 9.88 Å². The summed E-state index contributed by atoms with van der Waals surface area (Å²) in [5.41, 5.74) is 3.02. The number of pyridine rings is 1. The molecule has 0 saturated heterocycles. The normalized spacial score (nSPS) is 16.9. The summed E-state index contributed by atoms with van der Waals surface area (Å²) >= 11 is 0. The van der Waals surface area contributed by atoms with Crippen molar-refractivity contribution < 1.29 is 4.79 Å². The predicted octanol–water partition coefficient (Wildman–Crippen LogP) is 3.51. The SMILES string of the molecule is CC1CCc2ccccc2N1C(=O)c1cc(=O)[nH]c2ccccc12. The van der Waals surface area contributed by atoms with Gasteiger partial charge in [-0.3, -0.25) is 9.59 Å². The summed E-state index contributed by atoms with van der Waals surface area (Å²) in [6.45, 7) is 2.06. The fourth-order valence-electron chi connectivity index (χ4n) is 3.51. The van der Waals surface area contributed by atoms with Crippen molar-refractivity contribution in [3.05, 3.63) is 76.1 Å². The summed E-state index contributed by atoms with van der Waals surface area (Å²) in [5.74, 6) is -0.114. The van der Waals surface area contributed by atoms with Crippen molar-refractivity contribution in [1.29, 1.82) is 0 Å². The van der Waals surface area contributed by atoms with Crippen molar-refractivity contribution in [2.24, 2.45) is 0 Å². The van der Waals surface area contributed by atoms with Gasteiger partial charge in [-0.1, -0.05) is 36.4 Å². The van der Waals surface area contributed by atoms with E-state index in [1.807, 2.05) is 47.4 Å². The van der Waals surface area contributed by atoms with Crippen molar-refractivity contribution in [2.45, 2.75) is 25.8 Å². The number of H-pyrrole nitrogens is 1. The Labute approximate surface area is 139 Å². The van der Waals surface area contributed by atoms with E-state index >= 15 is 0 Å². The highest BCUT2D eigenvalue weighted by Crippen LogP contribution is 2.32. The van der Waals surface area contributed by atoms with Crippen LogP contribution in [0.25, 0.3) is 10.9 Å². The Kier molecular flexibility index (Phi) is 3.45. The zero-order valence-electron chi connectivity index (χ0n) is 13.5. The number of nitrogens with one attached hydrogen (secondary N) is 1. The van der Waals surface area contributed by atoms with E-state index in [0.29, 0.717) is 11.1 Å². The lowest BCUT2D eigenvalue weighted by molar-refractivity contribution is 0.0976. The number of nitrogens with zero attached hydrogens (tertiary/aromatic N) is 1. The van der Waals surface area contributed by atoms with Crippen LogP contribution in [0.15, 0.2) is 59.4 Å². The van der Waals surface area contributed by atoms with Gasteiger partial charge in [0, 0.05) is 28.7 Å². The molecule has 4 heteroatoms. The van der Waals surface area contributed by atoms with Crippen LogP contribution in [0.4, 0.5) is 5.69 Å². The molecule has 0 aliphatic carbocycles. The zero-order valence-corrected chi connectivity index (χ0v) is 13.5. The summed E-state index contributed by atoms with van der Waals surface area (Å²) in [6, 6.07) is 16.9. The molecule has 1 atom stereocenters. The molecule has 0 bridgehead atoms. The molecule has 0 fully saturated rings. The summed E-state index contributed by atoms with van der Waals surface area (Å²) in [7, 11) is 0. The monoisotopic (exact) mass is 318 g/mol. The maximum absolute atomic E-state index is 13.3. The first kappa shape index (κ1) is 14.7. The Hall–Kier alpha value is -2.88. The lowest BCUT2D eigenvalue weighted by Gasteiger charge is -2.35. The van der Waals surface area contributed by atoms with Gasteiger partial charge in [-0.2, -0.15) is 0 Å². The van der Waals surface area contributed by atoms with Gasteiger partial charge in [-0.15, -0.1) is 0 Å². The molecule has 4 rings (SSSR count). The highest BCUT2D eigenvalue weighted by atomic mass is 16.2. The minimum Gasteiger partial charge on any atom is -0.322 e. The zero-order chi connectivity index (χ0) is 16.7. The van der Waals surface area contributed by atoms with E-state index in [2.05, 4.69) is 18.0 Å². The fraction of sp³-hybridized carbons (Fsp3) is 0.200. The van der Waals surface area contributed by atoms with Crippen molar-refractivity contribution >= 4 is 22.5 Å². The molecule has 120 valence electrons. The molecule has 1 amide bonds. The first-order valence-corrected chi connectivity index (χ1v) is 8.18. The number of rotatable bonds is 1. The number of aryl methyl sites for hydroxylation is 1. The molecule has 2 heterocycles. The summed E-state index contributed by atoms with van der Waals surface area (Å²) in [6.07, 6.45) is 1.89. The van der Waals surface area contributed by atoms with Crippen molar-refractivity contribution in [3.8, 4) is 0 Å². The largest absolute Gasteiger partial charge is 0.322 e. The molecule has 24 heavy (non-hydrogen) atoms. The van der Waals surface area contributed by atoms with Crippen LogP contribution in [-0.4, -0.2) is 16.9 Å². The number of benzene rings is 2. The molecule has 0 spiro atoms.